The van der Waals surface area contributed by atoms with Crippen LogP contribution in [0.5, 0.6) is 0 Å². The summed E-state index contributed by atoms with van der Waals surface area (Å²) in [7, 11) is 0. The van der Waals surface area contributed by atoms with E-state index in [9.17, 15) is 0 Å². The van der Waals surface area contributed by atoms with Gasteiger partial charge in [0.2, 0.25) is 0 Å². The molecular formula is C46H34N2. The molecule has 228 valence electrons. The normalized spacial score (nSPS) is 11.0. The highest BCUT2D eigenvalue weighted by Gasteiger charge is 2.17. The van der Waals surface area contributed by atoms with Gasteiger partial charge in [-0.15, -0.1) is 0 Å². The van der Waals surface area contributed by atoms with E-state index in [-0.39, 0.29) is 0 Å². The summed E-state index contributed by atoms with van der Waals surface area (Å²) < 4.78 is 0. The van der Waals surface area contributed by atoms with E-state index in [0.29, 0.717) is 0 Å². The summed E-state index contributed by atoms with van der Waals surface area (Å²) in [5.41, 5.74) is 10.2. The van der Waals surface area contributed by atoms with E-state index in [1.165, 1.54) is 32.7 Å². The van der Waals surface area contributed by atoms with Gasteiger partial charge in [-0.05, 0) is 88.1 Å². The van der Waals surface area contributed by atoms with E-state index < -0.39 is 0 Å². The largest absolute Gasteiger partial charge is 0.310 e. The van der Waals surface area contributed by atoms with Crippen molar-refractivity contribution in [3.63, 3.8) is 0 Å². The topological polar surface area (TPSA) is 6.48 Å². The first-order valence-corrected chi connectivity index (χ1v) is 16.3. The highest BCUT2D eigenvalue weighted by Crippen LogP contribution is 2.41. The zero-order valence-electron chi connectivity index (χ0n) is 26.6. The van der Waals surface area contributed by atoms with E-state index in [1.54, 1.807) is 0 Å². The monoisotopic (exact) mass is 614 g/mol. The van der Waals surface area contributed by atoms with Gasteiger partial charge < -0.3 is 9.80 Å². The predicted molar refractivity (Wildman–Crippen MR) is 206 cm³/mol. The fourth-order valence-corrected chi connectivity index (χ4v) is 6.60. The summed E-state index contributed by atoms with van der Waals surface area (Å²) in [6.07, 6.45) is 1.88. The van der Waals surface area contributed by atoms with Crippen molar-refractivity contribution in [2.75, 3.05) is 9.80 Å². The third-order valence-corrected chi connectivity index (χ3v) is 9.00. The van der Waals surface area contributed by atoms with Gasteiger partial charge in [0.05, 0.1) is 11.4 Å². The van der Waals surface area contributed by atoms with Crippen LogP contribution in [0.15, 0.2) is 195 Å². The molecule has 0 unspecified atom stereocenters. The summed E-state index contributed by atoms with van der Waals surface area (Å²) in [5.74, 6) is 0. The van der Waals surface area contributed by atoms with Crippen LogP contribution in [0.4, 0.5) is 34.1 Å². The quantitative estimate of drug-likeness (QED) is 0.168. The van der Waals surface area contributed by atoms with Crippen LogP contribution in [0.1, 0.15) is 5.56 Å². The summed E-state index contributed by atoms with van der Waals surface area (Å²) >= 11 is 0. The van der Waals surface area contributed by atoms with Crippen LogP contribution in [0.25, 0.3) is 38.7 Å². The first-order valence-electron chi connectivity index (χ1n) is 16.3. The third-order valence-electron chi connectivity index (χ3n) is 9.00. The number of para-hydroxylation sites is 1. The first kappa shape index (κ1) is 29.1. The molecule has 2 heteroatoms. The second-order valence-electron chi connectivity index (χ2n) is 11.9. The maximum atomic E-state index is 3.94. The molecule has 8 rings (SSSR count). The van der Waals surface area contributed by atoms with Crippen LogP contribution in [0, 0.1) is 0 Å². The average Bonchev–Trinajstić information content (AvgIpc) is 3.16. The Morgan fingerprint density at radius 2 is 0.708 bits per heavy atom. The van der Waals surface area contributed by atoms with Gasteiger partial charge in [-0.25, -0.2) is 0 Å². The molecule has 0 aliphatic carbocycles. The van der Waals surface area contributed by atoms with Crippen LogP contribution in [0.3, 0.4) is 0 Å². The molecule has 8 aromatic rings. The fourth-order valence-electron chi connectivity index (χ4n) is 6.60. The van der Waals surface area contributed by atoms with Crippen LogP contribution in [-0.2, 0) is 0 Å². The first-order chi connectivity index (χ1) is 23.8. The number of benzene rings is 8. The molecular weight excluding hydrogens is 581 g/mol. The molecule has 48 heavy (non-hydrogen) atoms. The average molecular weight is 615 g/mol. The maximum Gasteiger partial charge on any atom is 0.0540 e. The van der Waals surface area contributed by atoms with Gasteiger partial charge in [0.1, 0.15) is 0 Å². The van der Waals surface area contributed by atoms with Crippen LogP contribution < -0.4 is 9.80 Å². The Hall–Kier alpha value is -6.38. The molecule has 0 radical (unpaired) electrons. The third kappa shape index (κ3) is 5.50. The van der Waals surface area contributed by atoms with Crippen LogP contribution in [-0.4, -0.2) is 0 Å². The molecule has 0 aliphatic rings. The Morgan fingerprint density at radius 3 is 1.17 bits per heavy atom. The van der Waals surface area contributed by atoms with Crippen molar-refractivity contribution in [1.29, 1.82) is 0 Å². The van der Waals surface area contributed by atoms with Crippen molar-refractivity contribution in [2.24, 2.45) is 0 Å². The SMILES string of the molecule is C=Cc1ccc(N(c2ccc(-c3ccc(N(c4ccccc4)c4cccc5ccccc45)cc3)cc2)c2cccc3ccccc23)cc1. The Labute approximate surface area is 282 Å². The summed E-state index contributed by atoms with van der Waals surface area (Å²) in [6, 6.07) is 67.1. The summed E-state index contributed by atoms with van der Waals surface area (Å²) in [6.45, 7) is 3.94. The molecule has 0 amide bonds. The van der Waals surface area contributed by atoms with Gasteiger partial charge >= 0.3 is 0 Å². The molecule has 0 bridgehead atoms. The van der Waals surface area contributed by atoms with Gasteiger partial charge in [0, 0.05) is 33.5 Å². The lowest BCUT2D eigenvalue weighted by Gasteiger charge is -2.27. The highest BCUT2D eigenvalue weighted by molar-refractivity contribution is 6.00. The molecule has 0 saturated heterocycles. The van der Waals surface area contributed by atoms with Crippen molar-refractivity contribution < 1.29 is 0 Å². The van der Waals surface area contributed by atoms with Gasteiger partial charge in [0.15, 0.2) is 0 Å². The van der Waals surface area contributed by atoms with Crippen LogP contribution >= 0.6 is 0 Å². The zero-order chi connectivity index (χ0) is 32.3. The van der Waals surface area contributed by atoms with Gasteiger partial charge in [-0.1, -0.05) is 140 Å². The van der Waals surface area contributed by atoms with Crippen molar-refractivity contribution in [3.8, 4) is 11.1 Å². The van der Waals surface area contributed by atoms with E-state index in [0.717, 1.165) is 39.7 Å². The molecule has 0 spiro atoms. The second-order valence-corrected chi connectivity index (χ2v) is 11.9. The molecule has 0 heterocycles. The summed E-state index contributed by atoms with van der Waals surface area (Å²) in [5, 5.41) is 4.87. The van der Waals surface area contributed by atoms with Crippen molar-refractivity contribution in [1.82, 2.24) is 0 Å². The second kappa shape index (κ2) is 12.8. The molecule has 0 fully saturated rings. The Morgan fingerprint density at radius 1 is 0.333 bits per heavy atom. The lowest BCUT2D eigenvalue weighted by Crippen LogP contribution is -2.10. The Bertz CT molecular complexity index is 2330. The lowest BCUT2D eigenvalue weighted by molar-refractivity contribution is 1.29. The van der Waals surface area contributed by atoms with E-state index in [2.05, 4.69) is 204 Å². The smallest absolute Gasteiger partial charge is 0.0540 e. The number of fused-ring (bicyclic) bond motifs is 2. The zero-order valence-corrected chi connectivity index (χ0v) is 26.6. The van der Waals surface area contributed by atoms with Crippen molar-refractivity contribution >= 4 is 61.7 Å². The molecule has 0 aromatic heterocycles. The Balaban J connectivity index is 1.16. The van der Waals surface area contributed by atoms with Gasteiger partial charge in [0.25, 0.3) is 0 Å². The predicted octanol–water partition coefficient (Wildman–Crippen LogP) is 13.2. The highest BCUT2D eigenvalue weighted by atomic mass is 15.1. The van der Waals surface area contributed by atoms with Crippen LogP contribution in [0.2, 0.25) is 0 Å². The maximum absolute atomic E-state index is 3.94. The number of hydrogen-bond donors (Lipinski definition) is 0. The molecule has 0 aliphatic heterocycles. The molecule has 2 nitrogen and oxygen atoms in total. The molecule has 0 N–H and O–H groups in total. The van der Waals surface area contributed by atoms with E-state index in [1.807, 2.05) is 6.08 Å². The molecule has 0 atom stereocenters. The minimum absolute atomic E-state index is 1.10. The standard InChI is InChI=1S/C46H34N2/c1-2-34-22-28-40(29-23-34)48(46-21-11-15-38-13-7-9-19-44(38)46)42-32-26-36(27-33-42)35-24-30-41(31-25-35)47(39-16-4-3-5-17-39)45-20-10-14-37-12-6-8-18-43(37)45/h2-33H,1H2. The number of rotatable bonds is 8. The van der Waals surface area contributed by atoms with Crippen molar-refractivity contribution in [2.45, 2.75) is 0 Å². The number of hydrogen-bond acceptors (Lipinski definition) is 2. The lowest BCUT2D eigenvalue weighted by atomic mass is 10.0. The minimum atomic E-state index is 1.10. The molecule has 8 aromatic carbocycles. The van der Waals surface area contributed by atoms with E-state index in [4.69, 9.17) is 0 Å². The van der Waals surface area contributed by atoms with Gasteiger partial charge in [-0.2, -0.15) is 0 Å². The fraction of sp³-hybridized carbons (Fsp3) is 0. The summed E-state index contributed by atoms with van der Waals surface area (Å²) in [4.78, 5) is 4.68. The van der Waals surface area contributed by atoms with Crippen molar-refractivity contribution in [3.05, 3.63) is 200 Å². The van der Waals surface area contributed by atoms with E-state index >= 15 is 0 Å². The number of anilines is 6. The molecule has 0 saturated carbocycles. The Kier molecular flexibility index (Phi) is 7.74. The number of nitrogens with zero attached hydrogens (tertiary/aromatic N) is 2. The minimum Gasteiger partial charge on any atom is -0.310 e. The van der Waals surface area contributed by atoms with Gasteiger partial charge in [-0.3, -0.25) is 0 Å².